The monoisotopic (exact) mass is 423 g/mol. The number of rotatable bonds is 4. The second kappa shape index (κ2) is 10.4. The Kier molecular flexibility index (Phi) is 8.21. The molecule has 0 spiro atoms. The van der Waals surface area contributed by atoms with Crippen molar-refractivity contribution in [3.63, 3.8) is 0 Å². The van der Waals surface area contributed by atoms with Gasteiger partial charge in [0.15, 0.2) is 11.6 Å². The number of phenolic OH excluding ortho intramolecular Hbond substituents is 1. The van der Waals surface area contributed by atoms with Crippen molar-refractivity contribution in [3.05, 3.63) is 76.1 Å². The van der Waals surface area contributed by atoms with E-state index in [4.69, 9.17) is 0 Å². The number of allylic oxidation sites excluding steroid dienone is 3. The zero-order chi connectivity index (χ0) is 23.2. The predicted octanol–water partition coefficient (Wildman–Crippen LogP) is 7.74. The fraction of sp³-hybridized carbons (Fsp3) is 0.370. The molecular formula is C27H34FNO2. The molecule has 1 aliphatic rings. The molecule has 2 N–H and O–H groups in total. The Balaban J connectivity index is 0.00000166. The zero-order valence-corrected chi connectivity index (χ0v) is 19.5. The van der Waals surface area contributed by atoms with Gasteiger partial charge in [0.2, 0.25) is 0 Å². The van der Waals surface area contributed by atoms with Crippen molar-refractivity contribution in [1.82, 2.24) is 0 Å². The minimum absolute atomic E-state index is 0.256. The van der Waals surface area contributed by atoms with Crippen LogP contribution in [0, 0.1) is 11.2 Å². The third kappa shape index (κ3) is 5.84. The van der Waals surface area contributed by atoms with Crippen LogP contribution in [-0.2, 0) is 0 Å². The number of anilines is 1. The largest absolute Gasteiger partial charge is 0.505 e. The summed E-state index contributed by atoms with van der Waals surface area (Å²) in [5, 5.41) is 11.9. The summed E-state index contributed by atoms with van der Waals surface area (Å²) in [6, 6.07) is 11.2. The van der Waals surface area contributed by atoms with E-state index in [0.717, 1.165) is 30.9 Å². The van der Waals surface area contributed by atoms with Crippen molar-refractivity contribution in [2.45, 2.75) is 60.8 Å². The maximum absolute atomic E-state index is 13.4. The van der Waals surface area contributed by atoms with Crippen LogP contribution in [0.1, 0.15) is 76.7 Å². The molecule has 0 aliphatic heterocycles. The van der Waals surface area contributed by atoms with Crippen LogP contribution < -0.4 is 5.32 Å². The molecule has 0 bridgehead atoms. The van der Waals surface area contributed by atoms with Crippen LogP contribution in [0.4, 0.5) is 10.1 Å². The lowest BCUT2D eigenvalue weighted by Crippen LogP contribution is -2.21. The first-order chi connectivity index (χ1) is 14.7. The van der Waals surface area contributed by atoms with Gasteiger partial charge in [-0.1, -0.05) is 58.4 Å². The average molecular weight is 424 g/mol. The second-order valence-corrected chi connectivity index (χ2v) is 8.25. The summed E-state index contributed by atoms with van der Waals surface area (Å²) in [7, 11) is 0. The molecule has 3 nitrogen and oxygen atoms in total. The molecule has 2 aromatic carbocycles. The number of benzene rings is 2. The summed E-state index contributed by atoms with van der Waals surface area (Å²) in [6.45, 7) is 13.1. The van der Waals surface area contributed by atoms with Gasteiger partial charge in [0.25, 0.3) is 5.91 Å². The number of hydrogen-bond donors (Lipinski definition) is 2. The number of carbonyl (C=O) groups is 1. The van der Waals surface area contributed by atoms with Crippen LogP contribution in [0.15, 0.2) is 59.2 Å². The highest BCUT2D eigenvalue weighted by Gasteiger charge is 2.29. The maximum atomic E-state index is 13.4. The normalized spacial score (nSPS) is 16.5. The Morgan fingerprint density at radius 1 is 1.16 bits per heavy atom. The molecule has 2 aromatic rings. The van der Waals surface area contributed by atoms with E-state index in [1.807, 2.05) is 26.0 Å². The van der Waals surface area contributed by atoms with Gasteiger partial charge in [-0.25, -0.2) is 4.39 Å². The SMILES string of the molecule is CC.CCC1=C(C)/C(=C/c2ccc(C(=O)Nc3ccc(O)c(F)c3)cc2)CCC1(C)C. The van der Waals surface area contributed by atoms with E-state index < -0.39 is 11.6 Å². The number of aromatic hydroxyl groups is 1. The molecular weight excluding hydrogens is 389 g/mol. The summed E-state index contributed by atoms with van der Waals surface area (Å²) in [4.78, 5) is 12.4. The van der Waals surface area contributed by atoms with Crippen LogP contribution in [0.25, 0.3) is 6.08 Å². The smallest absolute Gasteiger partial charge is 0.255 e. The minimum atomic E-state index is -0.768. The van der Waals surface area contributed by atoms with E-state index in [9.17, 15) is 14.3 Å². The van der Waals surface area contributed by atoms with E-state index in [1.54, 1.807) is 12.1 Å². The van der Waals surface area contributed by atoms with Gasteiger partial charge in [-0.3, -0.25) is 4.79 Å². The number of halogens is 1. The Hall–Kier alpha value is -2.88. The molecule has 1 aliphatic carbocycles. The highest BCUT2D eigenvalue weighted by Crippen LogP contribution is 2.44. The quantitative estimate of drug-likeness (QED) is 0.494. The van der Waals surface area contributed by atoms with E-state index >= 15 is 0 Å². The van der Waals surface area contributed by atoms with Crippen molar-refractivity contribution in [1.29, 1.82) is 0 Å². The van der Waals surface area contributed by atoms with Crippen LogP contribution in [-0.4, -0.2) is 11.0 Å². The Morgan fingerprint density at radius 2 is 1.81 bits per heavy atom. The number of phenols is 1. The summed E-state index contributed by atoms with van der Waals surface area (Å²) in [5.41, 5.74) is 6.37. The number of nitrogens with one attached hydrogen (secondary N) is 1. The molecule has 0 heterocycles. The second-order valence-electron chi connectivity index (χ2n) is 8.25. The molecule has 166 valence electrons. The maximum Gasteiger partial charge on any atom is 0.255 e. The van der Waals surface area contributed by atoms with Gasteiger partial charge < -0.3 is 10.4 Å². The molecule has 0 unspecified atom stereocenters. The Bertz CT molecular complexity index is 985. The molecule has 0 atom stereocenters. The fourth-order valence-electron chi connectivity index (χ4n) is 4.13. The number of carbonyl (C=O) groups excluding carboxylic acids is 1. The van der Waals surface area contributed by atoms with E-state index in [-0.39, 0.29) is 11.3 Å². The highest BCUT2D eigenvalue weighted by molar-refractivity contribution is 6.04. The summed E-state index contributed by atoms with van der Waals surface area (Å²) >= 11 is 0. The van der Waals surface area contributed by atoms with Gasteiger partial charge in [0.1, 0.15) is 0 Å². The van der Waals surface area contributed by atoms with E-state index in [0.29, 0.717) is 11.3 Å². The summed E-state index contributed by atoms with van der Waals surface area (Å²) in [5.74, 6) is -1.53. The third-order valence-electron chi connectivity index (χ3n) is 5.84. The molecule has 31 heavy (non-hydrogen) atoms. The van der Waals surface area contributed by atoms with Gasteiger partial charge in [0.05, 0.1) is 0 Å². The van der Waals surface area contributed by atoms with Crippen molar-refractivity contribution in [3.8, 4) is 5.75 Å². The van der Waals surface area contributed by atoms with Gasteiger partial charge in [-0.15, -0.1) is 0 Å². The molecule has 4 heteroatoms. The minimum Gasteiger partial charge on any atom is -0.505 e. The Labute approximate surface area is 185 Å². The van der Waals surface area contributed by atoms with Crippen molar-refractivity contribution in [2.75, 3.05) is 5.32 Å². The van der Waals surface area contributed by atoms with Gasteiger partial charge in [-0.05, 0) is 72.6 Å². The first kappa shape index (κ1) is 24.4. The molecule has 0 saturated carbocycles. The van der Waals surface area contributed by atoms with Crippen LogP contribution >= 0.6 is 0 Å². The lowest BCUT2D eigenvalue weighted by Gasteiger charge is -2.35. The van der Waals surface area contributed by atoms with Crippen molar-refractivity contribution >= 4 is 17.7 Å². The molecule has 1 amide bonds. The molecule has 0 aromatic heterocycles. The third-order valence-corrected chi connectivity index (χ3v) is 5.84. The van der Waals surface area contributed by atoms with Crippen LogP contribution in [0.5, 0.6) is 5.75 Å². The van der Waals surface area contributed by atoms with E-state index in [1.165, 1.54) is 28.9 Å². The predicted molar refractivity (Wildman–Crippen MR) is 128 cm³/mol. The summed E-state index contributed by atoms with van der Waals surface area (Å²) in [6.07, 6.45) is 5.46. The first-order valence-corrected chi connectivity index (χ1v) is 11.0. The molecule has 0 radical (unpaired) electrons. The standard InChI is InChI=1S/C25H28FNO2.C2H6/c1-5-21-16(2)19(12-13-25(21,3)4)14-17-6-8-18(9-7-17)24(29)27-20-10-11-23(28)22(26)15-20;1-2/h6-11,14-15,28H,5,12-13H2,1-4H3,(H,27,29);1-2H3/b19-14+;. The topological polar surface area (TPSA) is 49.3 Å². The average Bonchev–Trinajstić information content (AvgIpc) is 2.75. The van der Waals surface area contributed by atoms with Gasteiger partial charge in [0, 0.05) is 17.3 Å². The van der Waals surface area contributed by atoms with Crippen molar-refractivity contribution in [2.24, 2.45) is 5.41 Å². The van der Waals surface area contributed by atoms with Gasteiger partial charge in [-0.2, -0.15) is 0 Å². The zero-order valence-electron chi connectivity index (χ0n) is 19.5. The van der Waals surface area contributed by atoms with Crippen molar-refractivity contribution < 1.29 is 14.3 Å². The van der Waals surface area contributed by atoms with Crippen LogP contribution in [0.3, 0.4) is 0 Å². The fourth-order valence-corrected chi connectivity index (χ4v) is 4.13. The molecule has 3 rings (SSSR count). The molecule has 0 saturated heterocycles. The van der Waals surface area contributed by atoms with Crippen LogP contribution in [0.2, 0.25) is 0 Å². The first-order valence-electron chi connectivity index (χ1n) is 11.0. The Morgan fingerprint density at radius 3 is 2.39 bits per heavy atom. The highest BCUT2D eigenvalue weighted by atomic mass is 19.1. The molecule has 0 fully saturated rings. The lowest BCUT2D eigenvalue weighted by atomic mass is 9.70. The van der Waals surface area contributed by atoms with E-state index in [2.05, 4.69) is 39.1 Å². The summed E-state index contributed by atoms with van der Waals surface area (Å²) < 4.78 is 13.4. The lowest BCUT2D eigenvalue weighted by molar-refractivity contribution is 0.102. The number of amides is 1. The number of hydrogen-bond acceptors (Lipinski definition) is 2. The van der Waals surface area contributed by atoms with Gasteiger partial charge >= 0.3 is 0 Å².